The van der Waals surface area contributed by atoms with Gasteiger partial charge in [0.2, 0.25) is 0 Å². The maximum atomic E-state index is 12.7. The first-order valence-electron chi connectivity index (χ1n) is 11.6. The summed E-state index contributed by atoms with van der Waals surface area (Å²) in [4.78, 5) is 12.7. The first-order valence-corrected chi connectivity index (χ1v) is 13.1. The number of carbonyl (C=O) groups excluding carboxylic acids is 1. The summed E-state index contributed by atoms with van der Waals surface area (Å²) in [6.07, 6.45) is 1.45. The third-order valence-electron chi connectivity index (χ3n) is 5.46. The van der Waals surface area contributed by atoms with Crippen LogP contribution in [0.3, 0.4) is 0 Å². The Bertz CT molecular complexity index is 1550. The molecule has 0 bridgehead atoms. The van der Waals surface area contributed by atoms with Gasteiger partial charge in [0.15, 0.2) is 0 Å². The second-order valence-corrected chi connectivity index (χ2v) is 9.96. The molecule has 1 amide bonds. The summed E-state index contributed by atoms with van der Waals surface area (Å²) in [5, 5.41) is 14.3. The van der Waals surface area contributed by atoms with Crippen molar-refractivity contribution < 1.29 is 14.3 Å². The highest BCUT2D eigenvalue weighted by Gasteiger charge is 2.11. The highest BCUT2D eigenvalue weighted by atomic mass is 35.5. The molecule has 0 heterocycles. The first kappa shape index (κ1) is 28.4. The van der Waals surface area contributed by atoms with E-state index < -0.39 is 5.91 Å². The Hall–Kier alpha value is -3.66. The topological polar surface area (TPSA) is 71.3 Å². The van der Waals surface area contributed by atoms with Gasteiger partial charge in [-0.2, -0.15) is 5.26 Å². The summed E-state index contributed by atoms with van der Waals surface area (Å²) < 4.78 is 11.5. The van der Waals surface area contributed by atoms with Gasteiger partial charge in [-0.05, 0) is 77.9 Å². The molecule has 0 aliphatic carbocycles. The third-order valence-corrected chi connectivity index (χ3v) is 6.60. The van der Waals surface area contributed by atoms with Crippen LogP contribution in [0.25, 0.3) is 6.08 Å². The van der Waals surface area contributed by atoms with Crippen LogP contribution in [0.1, 0.15) is 16.7 Å². The number of carbonyl (C=O) groups is 1. The van der Waals surface area contributed by atoms with Gasteiger partial charge in [-0.3, -0.25) is 4.79 Å². The number of anilines is 1. The van der Waals surface area contributed by atoms with E-state index >= 15 is 0 Å². The molecule has 39 heavy (non-hydrogen) atoms. The molecule has 4 rings (SSSR count). The number of nitriles is 1. The van der Waals surface area contributed by atoms with Crippen molar-refractivity contribution >= 4 is 64.1 Å². The van der Waals surface area contributed by atoms with Gasteiger partial charge in [0.05, 0.1) is 5.02 Å². The number of nitrogens with zero attached hydrogens (tertiary/aromatic N) is 1. The first-order chi connectivity index (χ1) is 18.8. The van der Waals surface area contributed by atoms with E-state index in [0.717, 1.165) is 11.1 Å². The molecule has 196 valence electrons. The highest BCUT2D eigenvalue weighted by Crippen LogP contribution is 2.29. The van der Waals surface area contributed by atoms with Crippen LogP contribution in [0.2, 0.25) is 20.1 Å². The normalized spacial score (nSPS) is 11.0. The van der Waals surface area contributed by atoms with Crippen molar-refractivity contribution in [3.05, 3.63) is 127 Å². The van der Waals surface area contributed by atoms with E-state index in [9.17, 15) is 10.1 Å². The largest absolute Gasteiger partial charge is 0.489 e. The lowest BCUT2D eigenvalue weighted by Gasteiger charge is -2.10. The minimum Gasteiger partial charge on any atom is -0.489 e. The van der Waals surface area contributed by atoms with Gasteiger partial charge in [-0.1, -0.05) is 70.7 Å². The minimum atomic E-state index is -0.554. The number of rotatable bonds is 9. The van der Waals surface area contributed by atoms with E-state index in [0.29, 0.717) is 49.4 Å². The molecule has 0 atom stereocenters. The van der Waals surface area contributed by atoms with Gasteiger partial charge in [0.25, 0.3) is 5.91 Å². The fourth-order valence-corrected chi connectivity index (χ4v) is 4.25. The summed E-state index contributed by atoms with van der Waals surface area (Å²) in [5.41, 5.74) is 2.73. The SMILES string of the molecule is N#C/C(=C\c1ccc(OCc2ccc(Cl)cc2Cl)c(Cl)c1)C(=O)Nc1ccc(OCc2ccc(Cl)cc2)cc1. The quantitative estimate of drug-likeness (QED) is 0.154. The molecule has 4 aromatic rings. The molecule has 0 saturated heterocycles. The van der Waals surface area contributed by atoms with Gasteiger partial charge in [-0.15, -0.1) is 0 Å². The predicted octanol–water partition coefficient (Wildman–Crippen LogP) is 9.00. The van der Waals surface area contributed by atoms with Gasteiger partial charge in [0, 0.05) is 26.3 Å². The lowest BCUT2D eigenvalue weighted by atomic mass is 10.1. The average molecular weight is 598 g/mol. The standard InChI is InChI=1S/C30H20Cl4N2O3/c31-23-5-1-19(2-6-23)17-38-26-10-8-25(9-11-26)36-30(37)22(16-35)13-20-3-12-29(28(34)14-20)39-18-21-4-7-24(32)15-27(21)33/h1-15H,17-18H2,(H,36,37)/b22-13+. The Balaban J connectivity index is 1.35. The second-order valence-electron chi connectivity index (χ2n) is 8.28. The molecule has 0 unspecified atom stereocenters. The van der Waals surface area contributed by atoms with E-state index in [1.807, 2.05) is 18.2 Å². The summed E-state index contributed by atoms with van der Waals surface area (Å²) in [6, 6.07) is 26.3. The Labute approximate surface area is 246 Å². The molecular weight excluding hydrogens is 578 g/mol. The van der Waals surface area contributed by atoms with Crippen LogP contribution in [-0.4, -0.2) is 5.91 Å². The van der Waals surface area contributed by atoms with Crippen LogP contribution < -0.4 is 14.8 Å². The van der Waals surface area contributed by atoms with Crippen LogP contribution in [0, 0.1) is 11.3 Å². The van der Waals surface area contributed by atoms with Crippen LogP contribution in [-0.2, 0) is 18.0 Å². The van der Waals surface area contributed by atoms with Gasteiger partial charge >= 0.3 is 0 Å². The Morgan fingerprint density at radius 3 is 2.18 bits per heavy atom. The molecule has 1 N–H and O–H groups in total. The zero-order valence-electron chi connectivity index (χ0n) is 20.3. The molecule has 0 saturated carbocycles. The number of ether oxygens (including phenoxy) is 2. The Morgan fingerprint density at radius 1 is 0.795 bits per heavy atom. The molecule has 0 spiro atoms. The monoisotopic (exact) mass is 596 g/mol. The molecular formula is C30H20Cl4N2O3. The maximum absolute atomic E-state index is 12.7. The lowest BCUT2D eigenvalue weighted by Crippen LogP contribution is -2.13. The van der Waals surface area contributed by atoms with Crippen LogP contribution in [0.4, 0.5) is 5.69 Å². The van der Waals surface area contributed by atoms with Crippen molar-refractivity contribution in [2.24, 2.45) is 0 Å². The Morgan fingerprint density at radius 2 is 1.51 bits per heavy atom. The molecule has 0 fully saturated rings. The van der Waals surface area contributed by atoms with Crippen LogP contribution >= 0.6 is 46.4 Å². The van der Waals surface area contributed by atoms with Crippen molar-refractivity contribution in [2.45, 2.75) is 13.2 Å². The highest BCUT2D eigenvalue weighted by molar-refractivity contribution is 6.35. The summed E-state index contributed by atoms with van der Waals surface area (Å²) in [6.45, 7) is 0.577. The molecule has 5 nitrogen and oxygen atoms in total. The smallest absolute Gasteiger partial charge is 0.266 e. The van der Waals surface area contributed by atoms with Gasteiger partial charge < -0.3 is 14.8 Å². The van der Waals surface area contributed by atoms with Crippen molar-refractivity contribution in [3.63, 3.8) is 0 Å². The van der Waals surface area contributed by atoms with Crippen molar-refractivity contribution in [1.29, 1.82) is 5.26 Å². The van der Waals surface area contributed by atoms with Crippen LogP contribution in [0.15, 0.2) is 90.5 Å². The molecule has 0 aliphatic rings. The molecule has 0 aromatic heterocycles. The van der Waals surface area contributed by atoms with Crippen molar-refractivity contribution in [1.82, 2.24) is 0 Å². The molecule has 0 aliphatic heterocycles. The molecule has 0 radical (unpaired) electrons. The van der Waals surface area contributed by atoms with Crippen LogP contribution in [0.5, 0.6) is 11.5 Å². The molecule has 9 heteroatoms. The number of benzene rings is 4. The second kappa shape index (κ2) is 13.4. The summed E-state index contributed by atoms with van der Waals surface area (Å²) >= 11 is 24.4. The van der Waals surface area contributed by atoms with Crippen molar-refractivity contribution in [2.75, 3.05) is 5.32 Å². The Kier molecular flexibility index (Phi) is 9.75. The molecule has 4 aromatic carbocycles. The summed E-state index contributed by atoms with van der Waals surface area (Å²) in [5.74, 6) is 0.511. The maximum Gasteiger partial charge on any atom is 0.266 e. The van der Waals surface area contributed by atoms with E-state index in [1.54, 1.807) is 72.8 Å². The summed E-state index contributed by atoms with van der Waals surface area (Å²) in [7, 11) is 0. The van der Waals surface area contributed by atoms with E-state index in [2.05, 4.69) is 5.32 Å². The fourth-order valence-electron chi connectivity index (χ4n) is 3.41. The number of hydrogen-bond donors (Lipinski definition) is 1. The fraction of sp³-hybridized carbons (Fsp3) is 0.0667. The van der Waals surface area contributed by atoms with E-state index in [-0.39, 0.29) is 12.2 Å². The van der Waals surface area contributed by atoms with E-state index in [1.165, 1.54) is 6.08 Å². The predicted molar refractivity (Wildman–Crippen MR) is 157 cm³/mol. The number of halogens is 4. The zero-order valence-corrected chi connectivity index (χ0v) is 23.3. The van der Waals surface area contributed by atoms with Crippen molar-refractivity contribution in [3.8, 4) is 17.6 Å². The van der Waals surface area contributed by atoms with Gasteiger partial charge in [-0.25, -0.2) is 0 Å². The average Bonchev–Trinajstić information content (AvgIpc) is 2.92. The number of hydrogen-bond acceptors (Lipinski definition) is 4. The lowest BCUT2D eigenvalue weighted by molar-refractivity contribution is -0.112. The number of nitrogens with one attached hydrogen (secondary N) is 1. The number of amides is 1. The third kappa shape index (κ3) is 8.16. The van der Waals surface area contributed by atoms with E-state index in [4.69, 9.17) is 55.9 Å². The zero-order chi connectivity index (χ0) is 27.8. The van der Waals surface area contributed by atoms with Gasteiger partial charge in [0.1, 0.15) is 36.4 Å². The minimum absolute atomic E-state index is 0.0873.